The first-order valence-electron chi connectivity index (χ1n) is 14.3. The number of nitriles is 1. The van der Waals surface area contributed by atoms with Gasteiger partial charge in [0.05, 0.1) is 12.4 Å². The number of carbonyl (C=O) groups excluding carboxylic acids is 1. The number of nitrogens with zero attached hydrogens (tertiary/aromatic N) is 9. The van der Waals surface area contributed by atoms with Crippen LogP contribution in [-0.2, 0) is 13.1 Å². The normalized spacial score (nSPS) is 17.0. The topological polar surface area (TPSA) is 109 Å². The molecular weight excluding hydrogens is 504 g/mol. The van der Waals surface area contributed by atoms with Gasteiger partial charge in [-0.15, -0.1) is 0 Å². The number of aromatic nitrogens is 4. The molecule has 3 heterocycles. The highest BCUT2D eigenvalue weighted by atomic mass is 16.2. The van der Waals surface area contributed by atoms with Crippen LogP contribution in [0, 0.1) is 11.3 Å². The minimum Gasteiger partial charge on any atom is -0.315 e. The molecule has 2 fully saturated rings. The number of anilines is 1. The summed E-state index contributed by atoms with van der Waals surface area (Å²) in [4.78, 5) is 34.3. The van der Waals surface area contributed by atoms with Gasteiger partial charge >= 0.3 is 0 Å². The number of fused-ring (bicyclic) bond motifs is 1. The van der Waals surface area contributed by atoms with E-state index in [2.05, 4.69) is 60.3 Å². The Hall–Kier alpha value is -3.59. The van der Waals surface area contributed by atoms with Crippen LogP contribution in [0.15, 0.2) is 30.6 Å². The Balaban J connectivity index is 1.37. The summed E-state index contributed by atoms with van der Waals surface area (Å²) in [7, 11) is 6.24. The number of amides is 1. The maximum atomic E-state index is 13.9. The number of nitrogens with one attached hydrogen (secondary N) is 1. The number of aryl methyl sites for hydroxylation is 1. The average Bonchev–Trinajstić information content (AvgIpc) is 3.63. The Morgan fingerprint density at radius 2 is 1.82 bits per heavy atom. The molecule has 0 radical (unpaired) electrons. The Morgan fingerprint density at radius 3 is 2.50 bits per heavy atom. The highest BCUT2D eigenvalue weighted by molar-refractivity contribution is 5.96. The second-order valence-electron chi connectivity index (χ2n) is 11.3. The lowest BCUT2D eigenvalue weighted by Crippen LogP contribution is -2.44. The lowest BCUT2D eigenvalue weighted by Gasteiger charge is -2.32. The van der Waals surface area contributed by atoms with Gasteiger partial charge in [0, 0.05) is 44.8 Å². The summed E-state index contributed by atoms with van der Waals surface area (Å²) < 4.78 is 1.95. The monoisotopic (exact) mass is 544 g/mol. The number of carbonyl (C=O) groups is 1. The van der Waals surface area contributed by atoms with Crippen molar-refractivity contribution in [3.8, 4) is 6.07 Å². The smallest absolute Gasteiger partial charge is 0.272 e. The molecule has 1 amide bonds. The molecule has 0 unspecified atom stereocenters. The number of likely N-dealkylation sites (N-methyl/N-ethyl adjacent to an activating group) is 1. The summed E-state index contributed by atoms with van der Waals surface area (Å²) in [6, 6.07) is 10.1. The molecule has 40 heavy (non-hydrogen) atoms. The van der Waals surface area contributed by atoms with Crippen molar-refractivity contribution < 1.29 is 4.79 Å². The number of benzene rings is 1. The molecule has 1 aliphatic carbocycles. The van der Waals surface area contributed by atoms with Crippen molar-refractivity contribution in [2.75, 3.05) is 59.3 Å². The van der Waals surface area contributed by atoms with Gasteiger partial charge in [-0.05, 0) is 64.6 Å². The zero-order chi connectivity index (χ0) is 28.1. The van der Waals surface area contributed by atoms with Crippen molar-refractivity contribution in [3.05, 3.63) is 47.5 Å². The number of hydrogen-bond donors (Lipinski definition) is 1. The van der Waals surface area contributed by atoms with Gasteiger partial charge in [0.15, 0.2) is 17.0 Å². The van der Waals surface area contributed by atoms with Gasteiger partial charge in [0.2, 0.25) is 5.82 Å². The van der Waals surface area contributed by atoms with Crippen LogP contribution in [0.3, 0.4) is 0 Å². The van der Waals surface area contributed by atoms with E-state index in [1.807, 2.05) is 30.8 Å². The number of imidazole rings is 1. The van der Waals surface area contributed by atoms with Gasteiger partial charge in [0.25, 0.3) is 5.91 Å². The molecule has 0 atom stereocenters. The van der Waals surface area contributed by atoms with Crippen LogP contribution in [0.25, 0.3) is 11.2 Å². The van der Waals surface area contributed by atoms with Crippen LogP contribution >= 0.6 is 0 Å². The van der Waals surface area contributed by atoms with Gasteiger partial charge in [-0.2, -0.15) is 15.2 Å². The first kappa shape index (κ1) is 28.0. The second kappa shape index (κ2) is 12.7. The zero-order valence-electron chi connectivity index (χ0n) is 23.9. The van der Waals surface area contributed by atoms with Crippen LogP contribution in [-0.4, -0.2) is 105 Å². The third kappa shape index (κ3) is 6.58. The predicted octanol–water partition coefficient (Wildman–Crippen LogP) is 2.81. The molecule has 212 valence electrons. The van der Waals surface area contributed by atoms with Crippen molar-refractivity contribution >= 4 is 22.9 Å². The van der Waals surface area contributed by atoms with Crippen LogP contribution in [0.4, 0.5) is 5.82 Å². The first-order valence-corrected chi connectivity index (χ1v) is 14.3. The van der Waals surface area contributed by atoms with E-state index < -0.39 is 0 Å². The molecule has 2 aromatic heterocycles. The summed E-state index contributed by atoms with van der Waals surface area (Å²) >= 11 is 0. The van der Waals surface area contributed by atoms with E-state index in [4.69, 9.17) is 0 Å². The van der Waals surface area contributed by atoms with E-state index in [9.17, 15) is 10.1 Å². The third-order valence-corrected chi connectivity index (χ3v) is 7.91. The predicted molar refractivity (Wildman–Crippen MR) is 154 cm³/mol. The molecule has 0 bridgehead atoms. The SMILES string of the molecule is CN(C)CCCn1cnc2c(NN(C(=O)c3ccc(CN4CCN(C)CC4)cc3)C3CCCC3)nc(C#N)nc21. The molecule has 0 spiro atoms. The van der Waals surface area contributed by atoms with Gasteiger partial charge in [-0.3, -0.25) is 15.1 Å². The Bertz CT molecular complexity index is 1330. The fourth-order valence-electron chi connectivity index (χ4n) is 5.53. The lowest BCUT2D eigenvalue weighted by atomic mass is 10.1. The Labute approximate surface area is 236 Å². The number of piperazine rings is 1. The number of hydrazine groups is 1. The maximum absolute atomic E-state index is 13.9. The molecule has 1 saturated carbocycles. The average molecular weight is 545 g/mol. The van der Waals surface area contributed by atoms with E-state index in [1.54, 1.807) is 11.3 Å². The minimum atomic E-state index is -0.103. The molecule has 1 aromatic carbocycles. The van der Waals surface area contributed by atoms with Crippen molar-refractivity contribution in [3.63, 3.8) is 0 Å². The maximum Gasteiger partial charge on any atom is 0.272 e. The zero-order valence-corrected chi connectivity index (χ0v) is 23.9. The van der Waals surface area contributed by atoms with Gasteiger partial charge in [-0.1, -0.05) is 25.0 Å². The van der Waals surface area contributed by atoms with Crippen molar-refractivity contribution in [1.29, 1.82) is 5.26 Å². The van der Waals surface area contributed by atoms with E-state index >= 15 is 0 Å². The van der Waals surface area contributed by atoms with Crippen molar-refractivity contribution in [1.82, 2.24) is 39.2 Å². The molecule has 2 aliphatic rings. The Morgan fingerprint density at radius 1 is 1.10 bits per heavy atom. The largest absolute Gasteiger partial charge is 0.315 e. The highest BCUT2D eigenvalue weighted by Crippen LogP contribution is 2.28. The van der Waals surface area contributed by atoms with Gasteiger partial charge in [-0.25, -0.2) is 9.99 Å². The fourth-order valence-corrected chi connectivity index (χ4v) is 5.53. The summed E-state index contributed by atoms with van der Waals surface area (Å²) in [5.74, 6) is 0.338. The molecule has 1 saturated heterocycles. The molecule has 3 aromatic rings. The molecule has 11 nitrogen and oxygen atoms in total. The molecule has 1 N–H and O–H groups in total. The van der Waals surface area contributed by atoms with Crippen LogP contribution in [0.1, 0.15) is 53.8 Å². The van der Waals surface area contributed by atoms with Crippen LogP contribution in [0.5, 0.6) is 0 Å². The molecule has 11 heteroatoms. The second-order valence-corrected chi connectivity index (χ2v) is 11.3. The summed E-state index contributed by atoms with van der Waals surface area (Å²) in [6.07, 6.45) is 6.64. The van der Waals surface area contributed by atoms with Gasteiger partial charge < -0.3 is 14.4 Å². The molecule has 5 rings (SSSR count). The first-order chi connectivity index (χ1) is 19.4. The standard InChI is InChI=1S/C29H40N10O/c1-35(2)13-6-14-38-21-31-26-27(32-25(19-30)33-28(26)38)34-39(24-7-4-5-8-24)29(40)23-11-9-22(10-12-23)20-37-17-15-36(3)16-18-37/h9-12,21,24H,4-8,13-18,20H2,1-3H3,(H,32,33,34). The van der Waals surface area contributed by atoms with E-state index in [0.29, 0.717) is 22.5 Å². The Kier molecular flexibility index (Phi) is 8.89. The van der Waals surface area contributed by atoms with Crippen LogP contribution in [0.2, 0.25) is 0 Å². The number of hydrogen-bond acceptors (Lipinski definition) is 9. The van der Waals surface area contributed by atoms with E-state index in [1.165, 1.54) is 5.56 Å². The summed E-state index contributed by atoms with van der Waals surface area (Å²) in [5.41, 5.74) is 6.28. The fraction of sp³-hybridized carbons (Fsp3) is 0.552. The molecule has 1 aliphatic heterocycles. The van der Waals surface area contributed by atoms with Crippen LogP contribution < -0.4 is 5.43 Å². The summed E-state index contributed by atoms with van der Waals surface area (Å²) in [6.45, 7) is 6.81. The molecular formula is C29H40N10O. The minimum absolute atomic E-state index is 0.0373. The quantitative estimate of drug-likeness (QED) is 0.385. The lowest BCUT2D eigenvalue weighted by molar-refractivity contribution is 0.0732. The third-order valence-electron chi connectivity index (χ3n) is 7.91. The van der Waals surface area contributed by atoms with Crippen molar-refractivity contribution in [2.24, 2.45) is 0 Å². The van der Waals surface area contributed by atoms with Crippen molar-refractivity contribution in [2.45, 2.75) is 51.2 Å². The summed E-state index contributed by atoms with van der Waals surface area (Å²) in [5, 5.41) is 11.4. The van der Waals surface area contributed by atoms with E-state index in [-0.39, 0.29) is 17.8 Å². The highest BCUT2D eigenvalue weighted by Gasteiger charge is 2.29. The number of rotatable bonds is 10. The van der Waals surface area contributed by atoms with Gasteiger partial charge in [0.1, 0.15) is 6.07 Å². The van der Waals surface area contributed by atoms with E-state index in [0.717, 1.165) is 77.9 Å².